The van der Waals surface area contributed by atoms with Gasteiger partial charge in [-0.05, 0) is 44.4 Å². The fourth-order valence-corrected chi connectivity index (χ4v) is 3.11. The topological polar surface area (TPSA) is 96.3 Å². The van der Waals surface area contributed by atoms with Crippen molar-refractivity contribution in [3.63, 3.8) is 0 Å². The van der Waals surface area contributed by atoms with Crippen molar-refractivity contribution in [3.05, 3.63) is 47.2 Å². The Labute approximate surface area is 182 Å². The fraction of sp³-hybridized carbons (Fsp3) is 0.478. The number of pyridine rings is 1. The molecule has 0 bridgehead atoms. The van der Waals surface area contributed by atoms with E-state index in [4.69, 9.17) is 23.7 Å². The van der Waals surface area contributed by atoms with E-state index in [0.29, 0.717) is 51.1 Å². The lowest BCUT2D eigenvalue weighted by atomic mass is 10.0. The van der Waals surface area contributed by atoms with E-state index in [1.54, 1.807) is 6.92 Å². The molecule has 0 saturated carbocycles. The molecular formula is C23H29NO7. The molecule has 168 valence electrons. The van der Waals surface area contributed by atoms with E-state index in [9.17, 15) is 9.90 Å². The number of ether oxygens (including phenoxy) is 5. The van der Waals surface area contributed by atoms with Crippen LogP contribution in [0.3, 0.4) is 0 Å². The summed E-state index contributed by atoms with van der Waals surface area (Å²) in [7, 11) is 0. The first kappa shape index (κ1) is 22.8. The number of carbonyl (C=O) groups excluding carboxylic acids is 1. The molecule has 0 spiro atoms. The van der Waals surface area contributed by atoms with Crippen molar-refractivity contribution in [3.8, 4) is 17.4 Å². The molecule has 0 amide bonds. The summed E-state index contributed by atoms with van der Waals surface area (Å²) in [5.74, 6) is 0.740. The number of rotatable bonds is 10. The molecule has 8 nitrogen and oxygen atoms in total. The van der Waals surface area contributed by atoms with E-state index in [-0.39, 0.29) is 18.5 Å². The van der Waals surface area contributed by atoms with Gasteiger partial charge >= 0.3 is 5.97 Å². The Morgan fingerprint density at radius 3 is 2.71 bits per heavy atom. The van der Waals surface area contributed by atoms with Crippen LogP contribution in [0, 0.1) is 6.92 Å². The molecular weight excluding hydrogens is 402 g/mol. The second kappa shape index (κ2) is 11.5. The Balaban J connectivity index is 1.54. The smallest absolute Gasteiger partial charge is 0.344 e. The highest BCUT2D eigenvalue weighted by Crippen LogP contribution is 2.25. The number of benzene rings is 1. The summed E-state index contributed by atoms with van der Waals surface area (Å²) in [4.78, 5) is 15.9. The second-order valence-electron chi connectivity index (χ2n) is 7.17. The molecule has 1 unspecified atom stereocenters. The lowest BCUT2D eigenvalue weighted by Crippen LogP contribution is -2.33. The standard InChI is InChI=1S/C23H29NO7/c1-3-28-23(26)15-30-18-7-4-17(5-8-18)6-9-20-16(2)21(25)12-22(24-20)31-14-19-13-27-10-11-29-19/h4-5,7-8,12,19H,3,6,9-11,13-15H2,1-2H3,(H,24,25). The number of hydrogen-bond donors (Lipinski definition) is 1. The summed E-state index contributed by atoms with van der Waals surface area (Å²) in [6.45, 7) is 5.78. The van der Waals surface area contributed by atoms with Gasteiger partial charge in [-0.1, -0.05) is 12.1 Å². The van der Waals surface area contributed by atoms with Gasteiger partial charge < -0.3 is 28.8 Å². The van der Waals surface area contributed by atoms with Crippen LogP contribution < -0.4 is 9.47 Å². The van der Waals surface area contributed by atoms with Crippen LogP contribution in [0.4, 0.5) is 0 Å². The number of aromatic hydroxyl groups is 1. The molecule has 1 aliphatic heterocycles. The van der Waals surface area contributed by atoms with Crippen LogP contribution >= 0.6 is 0 Å². The van der Waals surface area contributed by atoms with Crippen LogP contribution in [0.5, 0.6) is 17.4 Å². The largest absolute Gasteiger partial charge is 0.507 e. The van der Waals surface area contributed by atoms with Crippen molar-refractivity contribution in [2.75, 3.05) is 39.6 Å². The van der Waals surface area contributed by atoms with Crippen LogP contribution in [0.15, 0.2) is 30.3 Å². The number of hydrogen-bond acceptors (Lipinski definition) is 8. The highest BCUT2D eigenvalue weighted by Gasteiger charge is 2.16. The number of carbonyl (C=O) groups is 1. The lowest BCUT2D eigenvalue weighted by molar-refractivity contribution is -0.145. The van der Waals surface area contributed by atoms with Gasteiger partial charge in [-0.25, -0.2) is 9.78 Å². The number of esters is 1. The normalized spacial score (nSPS) is 16.0. The Bertz CT molecular complexity index is 848. The van der Waals surface area contributed by atoms with Crippen LogP contribution in [0.1, 0.15) is 23.7 Å². The molecule has 1 aliphatic rings. The predicted octanol–water partition coefficient (Wildman–Crippen LogP) is 2.62. The van der Waals surface area contributed by atoms with Crippen molar-refractivity contribution in [1.82, 2.24) is 4.98 Å². The van der Waals surface area contributed by atoms with Crippen molar-refractivity contribution in [2.24, 2.45) is 0 Å². The van der Waals surface area contributed by atoms with Gasteiger partial charge in [0.1, 0.15) is 24.2 Å². The zero-order valence-electron chi connectivity index (χ0n) is 18.0. The zero-order chi connectivity index (χ0) is 22.1. The number of aryl methyl sites for hydroxylation is 2. The quantitative estimate of drug-likeness (QED) is 0.574. The Kier molecular flexibility index (Phi) is 8.49. The van der Waals surface area contributed by atoms with Gasteiger partial charge in [-0.15, -0.1) is 0 Å². The average Bonchev–Trinajstić information content (AvgIpc) is 2.79. The molecule has 3 rings (SSSR count). The van der Waals surface area contributed by atoms with Gasteiger partial charge in [0.15, 0.2) is 6.61 Å². The van der Waals surface area contributed by atoms with Gasteiger partial charge in [0.2, 0.25) is 5.88 Å². The lowest BCUT2D eigenvalue weighted by Gasteiger charge is -2.23. The fourth-order valence-electron chi connectivity index (χ4n) is 3.11. The molecule has 8 heteroatoms. The van der Waals surface area contributed by atoms with Gasteiger partial charge in [-0.2, -0.15) is 0 Å². The minimum atomic E-state index is -0.391. The minimum Gasteiger partial charge on any atom is -0.507 e. The Morgan fingerprint density at radius 1 is 1.19 bits per heavy atom. The molecule has 0 radical (unpaired) electrons. The third kappa shape index (κ3) is 7.11. The molecule has 1 fully saturated rings. The minimum absolute atomic E-state index is 0.111. The SMILES string of the molecule is CCOC(=O)COc1ccc(CCc2nc(OCC3COCCO3)cc(O)c2C)cc1. The second-order valence-corrected chi connectivity index (χ2v) is 7.17. The highest BCUT2D eigenvalue weighted by molar-refractivity contribution is 5.71. The monoisotopic (exact) mass is 431 g/mol. The van der Waals surface area contributed by atoms with Crippen molar-refractivity contribution >= 4 is 5.97 Å². The maximum absolute atomic E-state index is 11.4. The van der Waals surface area contributed by atoms with E-state index in [2.05, 4.69) is 4.98 Å². The van der Waals surface area contributed by atoms with Gasteiger partial charge in [0.25, 0.3) is 0 Å². The molecule has 31 heavy (non-hydrogen) atoms. The summed E-state index contributed by atoms with van der Waals surface area (Å²) >= 11 is 0. The van der Waals surface area contributed by atoms with Gasteiger partial charge in [0.05, 0.1) is 32.1 Å². The summed E-state index contributed by atoms with van der Waals surface area (Å²) in [6.07, 6.45) is 1.24. The molecule has 1 atom stereocenters. The Morgan fingerprint density at radius 2 is 2.00 bits per heavy atom. The summed E-state index contributed by atoms with van der Waals surface area (Å²) < 4.78 is 26.9. The van der Waals surface area contributed by atoms with E-state index in [1.165, 1.54) is 6.07 Å². The number of aromatic nitrogens is 1. The molecule has 2 heterocycles. The van der Waals surface area contributed by atoms with Gasteiger partial charge in [-0.3, -0.25) is 0 Å². The molecule has 0 aliphatic carbocycles. The maximum atomic E-state index is 11.4. The molecule has 1 aromatic heterocycles. The summed E-state index contributed by atoms with van der Waals surface area (Å²) in [5.41, 5.74) is 2.60. The van der Waals surface area contributed by atoms with Crippen molar-refractivity contribution < 1.29 is 33.6 Å². The predicted molar refractivity (Wildman–Crippen MR) is 113 cm³/mol. The Hall–Kier alpha value is -2.84. The summed E-state index contributed by atoms with van der Waals surface area (Å²) in [5, 5.41) is 10.3. The van der Waals surface area contributed by atoms with Crippen LogP contribution in [0.2, 0.25) is 0 Å². The molecule has 1 N–H and O–H groups in total. The first-order valence-electron chi connectivity index (χ1n) is 10.4. The average molecular weight is 431 g/mol. The van der Waals surface area contributed by atoms with Crippen LogP contribution in [0.25, 0.3) is 0 Å². The maximum Gasteiger partial charge on any atom is 0.344 e. The molecule has 1 saturated heterocycles. The van der Waals surface area contributed by atoms with E-state index < -0.39 is 5.97 Å². The zero-order valence-corrected chi connectivity index (χ0v) is 18.0. The van der Waals surface area contributed by atoms with E-state index in [1.807, 2.05) is 31.2 Å². The molecule has 1 aromatic carbocycles. The van der Waals surface area contributed by atoms with Gasteiger partial charge in [0, 0.05) is 11.6 Å². The third-order valence-corrected chi connectivity index (χ3v) is 4.86. The van der Waals surface area contributed by atoms with Crippen molar-refractivity contribution in [1.29, 1.82) is 0 Å². The summed E-state index contributed by atoms with van der Waals surface area (Å²) in [6, 6.07) is 9.04. The number of nitrogens with zero attached hydrogens (tertiary/aromatic N) is 1. The van der Waals surface area contributed by atoms with Crippen molar-refractivity contribution in [2.45, 2.75) is 32.8 Å². The van der Waals surface area contributed by atoms with E-state index in [0.717, 1.165) is 23.2 Å². The van der Waals surface area contributed by atoms with Crippen LogP contribution in [-0.4, -0.2) is 61.8 Å². The molecule has 2 aromatic rings. The van der Waals surface area contributed by atoms with E-state index >= 15 is 0 Å². The first-order valence-corrected chi connectivity index (χ1v) is 10.4. The van der Waals surface area contributed by atoms with Crippen LogP contribution in [-0.2, 0) is 31.8 Å². The first-order chi connectivity index (χ1) is 15.0. The third-order valence-electron chi connectivity index (χ3n) is 4.86. The highest BCUT2D eigenvalue weighted by atomic mass is 16.6.